The van der Waals surface area contributed by atoms with Gasteiger partial charge in [-0.1, -0.05) is 6.08 Å². The average molecular weight is 127 g/mol. The van der Waals surface area contributed by atoms with Gasteiger partial charge in [-0.05, 0) is 12.6 Å². The molecule has 0 fully saturated rings. The van der Waals surface area contributed by atoms with Gasteiger partial charge in [0.1, 0.15) is 0 Å². The van der Waals surface area contributed by atoms with Gasteiger partial charge in [-0.15, -0.1) is 0 Å². The molecular formula is C7H13NO. The van der Waals surface area contributed by atoms with Crippen LogP contribution >= 0.6 is 0 Å². The van der Waals surface area contributed by atoms with Crippen LogP contribution in [-0.4, -0.2) is 30.2 Å². The minimum Gasteiger partial charge on any atom is -0.396 e. The Hall–Kier alpha value is -0.500. The molecule has 1 unspecified atom stereocenters. The maximum Gasteiger partial charge on any atom is 0.0495 e. The van der Waals surface area contributed by atoms with Crippen molar-refractivity contribution in [1.29, 1.82) is 0 Å². The smallest absolute Gasteiger partial charge is 0.0495 e. The van der Waals surface area contributed by atoms with Gasteiger partial charge in [0.05, 0.1) is 0 Å². The van der Waals surface area contributed by atoms with E-state index in [4.69, 9.17) is 5.11 Å². The Balaban J connectivity index is 2.38. The summed E-state index contributed by atoms with van der Waals surface area (Å²) in [6.07, 6.45) is 5.18. The zero-order chi connectivity index (χ0) is 6.69. The summed E-state index contributed by atoms with van der Waals surface area (Å²) in [6.45, 7) is 1.37. The third-order valence-electron chi connectivity index (χ3n) is 1.70. The van der Waals surface area contributed by atoms with Crippen LogP contribution in [0.1, 0.15) is 6.42 Å². The number of hydrogen-bond donors (Lipinski definition) is 1. The Kier molecular flexibility index (Phi) is 2.11. The lowest BCUT2D eigenvalue weighted by Gasteiger charge is -2.22. The van der Waals surface area contributed by atoms with Crippen LogP contribution < -0.4 is 0 Å². The second-order valence-electron chi connectivity index (χ2n) is 2.55. The van der Waals surface area contributed by atoms with Crippen molar-refractivity contribution in [2.45, 2.75) is 6.42 Å². The van der Waals surface area contributed by atoms with E-state index >= 15 is 0 Å². The van der Waals surface area contributed by atoms with Crippen LogP contribution in [0.25, 0.3) is 0 Å². The molecule has 1 aliphatic heterocycles. The Labute approximate surface area is 55.8 Å². The van der Waals surface area contributed by atoms with Crippen LogP contribution in [0, 0.1) is 5.92 Å². The minimum absolute atomic E-state index is 0.296. The van der Waals surface area contributed by atoms with Gasteiger partial charge in [-0.25, -0.2) is 0 Å². The van der Waals surface area contributed by atoms with Gasteiger partial charge in [0.2, 0.25) is 0 Å². The first-order chi connectivity index (χ1) is 4.33. The topological polar surface area (TPSA) is 23.5 Å². The molecule has 2 nitrogen and oxygen atoms in total. The van der Waals surface area contributed by atoms with E-state index in [2.05, 4.69) is 11.0 Å². The molecule has 0 aliphatic carbocycles. The summed E-state index contributed by atoms with van der Waals surface area (Å²) >= 11 is 0. The molecule has 1 atom stereocenters. The van der Waals surface area contributed by atoms with Gasteiger partial charge in [0.15, 0.2) is 0 Å². The van der Waals surface area contributed by atoms with Crippen molar-refractivity contribution in [1.82, 2.24) is 4.90 Å². The van der Waals surface area contributed by atoms with Crippen molar-refractivity contribution in [3.63, 3.8) is 0 Å². The van der Waals surface area contributed by atoms with Gasteiger partial charge in [0.25, 0.3) is 0 Å². The predicted octanol–water partition coefficient (Wildman–Crippen LogP) is 0.444. The zero-order valence-corrected chi connectivity index (χ0v) is 5.75. The summed E-state index contributed by atoms with van der Waals surface area (Å²) in [7, 11) is 2.05. The molecule has 1 heterocycles. The first-order valence-corrected chi connectivity index (χ1v) is 3.32. The number of nitrogens with zero attached hydrogens (tertiary/aromatic N) is 1. The van der Waals surface area contributed by atoms with Gasteiger partial charge in [0, 0.05) is 26.1 Å². The molecule has 0 aromatic rings. The molecule has 0 saturated heterocycles. The van der Waals surface area contributed by atoms with Gasteiger partial charge < -0.3 is 10.0 Å². The zero-order valence-electron chi connectivity index (χ0n) is 5.75. The van der Waals surface area contributed by atoms with Crippen molar-refractivity contribution in [2.24, 2.45) is 5.92 Å². The summed E-state index contributed by atoms with van der Waals surface area (Å²) in [5.41, 5.74) is 0. The van der Waals surface area contributed by atoms with Gasteiger partial charge >= 0.3 is 0 Å². The van der Waals surface area contributed by atoms with Crippen LogP contribution in [0.2, 0.25) is 0 Å². The van der Waals surface area contributed by atoms with Crippen molar-refractivity contribution >= 4 is 0 Å². The van der Waals surface area contributed by atoms with Crippen LogP contribution in [-0.2, 0) is 0 Å². The van der Waals surface area contributed by atoms with Crippen molar-refractivity contribution in [3.05, 3.63) is 12.3 Å². The number of aliphatic hydroxyl groups excluding tert-OH is 1. The van der Waals surface area contributed by atoms with Crippen LogP contribution in [0.15, 0.2) is 12.3 Å². The molecule has 0 aromatic carbocycles. The molecule has 0 aromatic heterocycles. The number of hydrogen-bond acceptors (Lipinski definition) is 2. The van der Waals surface area contributed by atoms with E-state index < -0.39 is 0 Å². The summed E-state index contributed by atoms with van der Waals surface area (Å²) in [5.74, 6) is 0.404. The quantitative estimate of drug-likeness (QED) is 0.552. The highest BCUT2D eigenvalue weighted by Crippen LogP contribution is 2.10. The molecule has 2 heteroatoms. The Morgan fingerprint density at radius 2 is 2.56 bits per heavy atom. The minimum atomic E-state index is 0.296. The lowest BCUT2D eigenvalue weighted by molar-refractivity contribution is 0.227. The van der Waals surface area contributed by atoms with Crippen LogP contribution in [0.4, 0.5) is 0 Å². The fraction of sp³-hybridized carbons (Fsp3) is 0.714. The first-order valence-electron chi connectivity index (χ1n) is 3.32. The molecule has 52 valence electrons. The van der Waals surface area contributed by atoms with Gasteiger partial charge in [-0.3, -0.25) is 0 Å². The summed E-state index contributed by atoms with van der Waals surface area (Å²) < 4.78 is 0. The Morgan fingerprint density at radius 3 is 3.00 bits per heavy atom. The standard InChI is InChI=1S/C7H13NO/c1-8-4-2-7(6-9)3-5-8/h2,4,7,9H,3,5-6H2,1H3. The predicted molar refractivity (Wildman–Crippen MR) is 37.0 cm³/mol. The molecule has 1 aliphatic rings. The van der Waals surface area contributed by atoms with E-state index in [0.29, 0.717) is 12.5 Å². The fourth-order valence-electron chi connectivity index (χ4n) is 0.961. The number of aliphatic hydroxyl groups is 1. The Morgan fingerprint density at radius 1 is 1.78 bits per heavy atom. The van der Waals surface area contributed by atoms with Crippen LogP contribution in [0.3, 0.4) is 0 Å². The Bertz CT molecular complexity index is 111. The van der Waals surface area contributed by atoms with E-state index in [1.54, 1.807) is 0 Å². The van der Waals surface area contributed by atoms with Gasteiger partial charge in [-0.2, -0.15) is 0 Å². The van der Waals surface area contributed by atoms with Crippen molar-refractivity contribution < 1.29 is 5.11 Å². The van der Waals surface area contributed by atoms with E-state index in [1.165, 1.54) is 0 Å². The molecule has 0 amide bonds. The van der Waals surface area contributed by atoms with E-state index in [9.17, 15) is 0 Å². The highest BCUT2D eigenvalue weighted by Gasteiger charge is 2.07. The average Bonchev–Trinajstić information content (AvgIpc) is 1.90. The lowest BCUT2D eigenvalue weighted by atomic mass is 10.0. The monoisotopic (exact) mass is 127 g/mol. The maximum absolute atomic E-state index is 8.71. The maximum atomic E-state index is 8.71. The van der Waals surface area contributed by atoms with Crippen molar-refractivity contribution in [3.8, 4) is 0 Å². The number of rotatable bonds is 1. The largest absolute Gasteiger partial charge is 0.396 e. The first kappa shape index (κ1) is 6.62. The molecule has 1 rings (SSSR count). The fourth-order valence-corrected chi connectivity index (χ4v) is 0.961. The highest BCUT2D eigenvalue weighted by atomic mass is 16.3. The second kappa shape index (κ2) is 2.87. The summed E-state index contributed by atoms with van der Waals surface area (Å²) in [6, 6.07) is 0. The molecule has 0 saturated carbocycles. The van der Waals surface area contributed by atoms with E-state index in [1.807, 2.05) is 13.2 Å². The second-order valence-corrected chi connectivity index (χ2v) is 2.55. The third kappa shape index (κ3) is 1.72. The highest BCUT2D eigenvalue weighted by molar-refractivity contribution is 4.92. The molecule has 0 bridgehead atoms. The SMILES string of the molecule is CN1C=CC(CO)CC1. The van der Waals surface area contributed by atoms with Crippen molar-refractivity contribution in [2.75, 3.05) is 20.2 Å². The molecule has 1 N–H and O–H groups in total. The molecule has 0 radical (unpaired) electrons. The third-order valence-corrected chi connectivity index (χ3v) is 1.70. The molecular weight excluding hydrogens is 114 g/mol. The normalized spacial score (nSPS) is 26.9. The van der Waals surface area contributed by atoms with E-state index in [0.717, 1.165) is 13.0 Å². The molecule has 9 heavy (non-hydrogen) atoms. The molecule has 0 spiro atoms. The van der Waals surface area contributed by atoms with Crippen LogP contribution in [0.5, 0.6) is 0 Å². The lowest BCUT2D eigenvalue weighted by Crippen LogP contribution is -2.21. The van der Waals surface area contributed by atoms with E-state index in [-0.39, 0.29) is 0 Å². The summed E-state index contributed by atoms with van der Waals surface area (Å²) in [4.78, 5) is 2.13. The summed E-state index contributed by atoms with van der Waals surface area (Å²) in [5, 5.41) is 8.71.